The van der Waals surface area contributed by atoms with E-state index in [9.17, 15) is 4.79 Å². The molecule has 0 saturated carbocycles. The number of hydrogen-bond acceptors (Lipinski definition) is 3. The van der Waals surface area contributed by atoms with Crippen LogP contribution in [0.1, 0.15) is 11.6 Å². The van der Waals surface area contributed by atoms with Crippen molar-refractivity contribution < 1.29 is 4.79 Å². The molecule has 1 atom stereocenters. The maximum absolute atomic E-state index is 11.5. The van der Waals surface area contributed by atoms with Gasteiger partial charge in [-0.3, -0.25) is 9.78 Å². The quantitative estimate of drug-likeness (QED) is 0.912. The van der Waals surface area contributed by atoms with Crippen molar-refractivity contribution in [3.05, 3.63) is 58.8 Å². The number of nitrogens with two attached hydrogens (primary N) is 1. The Hall–Kier alpha value is -1.88. The summed E-state index contributed by atoms with van der Waals surface area (Å²) >= 11 is 3.33. The first-order valence-electron chi connectivity index (χ1n) is 5.38. The predicted molar refractivity (Wildman–Crippen MR) is 73.9 cm³/mol. The van der Waals surface area contributed by atoms with Crippen LogP contribution in [0.2, 0.25) is 0 Å². The minimum atomic E-state index is -0.567. The Morgan fingerprint density at radius 1 is 1.28 bits per heavy atom. The number of anilines is 1. The van der Waals surface area contributed by atoms with Crippen LogP contribution in [-0.4, -0.2) is 10.9 Å². The van der Waals surface area contributed by atoms with Crippen molar-refractivity contribution in [2.75, 3.05) is 5.32 Å². The van der Waals surface area contributed by atoms with Crippen LogP contribution in [0.5, 0.6) is 0 Å². The number of carbonyl (C=O) groups is 1. The molecule has 2 aromatic rings. The van der Waals surface area contributed by atoms with Gasteiger partial charge in [0.15, 0.2) is 0 Å². The van der Waals surface area contributed by atoms with Gasteiger partial charge in [-0.25, -0.2) is 0 Å². The average molecular weight is 306 g/mol. The van der Waals surface area contributed by atoms with Crippen LogP contribution in [0.4, 0.5) is 5.69 Å². The lowest BCUT2D eigenvalue weighted by Crippen LogP contribution is -2.27. The van der Waals surface area contributed by atoms with Crippen LogP contribution in [0.25, 0.3) is 0 Å². The summed E-state index contributed by atoms with van der Waals surface area (Å²) in [5.74, 6) is -0.429. The lowest BCUT2D eigenvalue weighted by Gasteiger charge is -2.16. The first-order chi connectivity index (χ1) is 8.66. The van der Waals surface area contributed by atoms with Crippen molar-refractivity contribution in [3.8, 4) is 0 Å². The lowest BCUT2D eigenvalue weighted by atomic mass is 10.1. The molecule has 1 aromatic carbocycles. The van der Waals surface area contributed by atoms with E-state index in [1.54, 1.807) is 12.4 Å². The van der Waals surface area contributed by atoms with Gasteiger partial charge in [0.25, 0.3) is 0 Å². The van der Waals surface area contributed by atoms with Gasteiger partial charge < -0.3 is 11.1 Å². The molecule has 0 radical (unpaired) electrons. The minimum absolute atomic E-state index is 0.429. The van der Waals surface area contributed by atoms with Crippen LogP contribution >= 0.6 is 15.9 Å². The summed E-state index contributed by atoms with van der Waals surface area (Å²) in [5.41, 5.74) is 6.98. The number of nitrogens with one attached hydrogen (secondary N) is 1. The van der Waals surface area contributed by atoms with Gasteiger partial charge in [-0.1, -0.05) is 30.3 Å². The van der Waals surface area contributed by atoms with Gasteiger partial charge >= 0.3 is 0 Å². The summed E-state index contributed by atoms with van der Waals surface area (Å²) in [6, 6.07) is 10.6. The SMILES string of the molecule is NC(=O)[C@H](Nc1cncc(Br)c1)c1ccccc1. The summed E-state index contributed by atoms with van der Waals surface area (Å²) < 4.78 is 0.837. The number of rotatable bonds is 4. The Morgan fingerprint density at radius 3 is 2.61 bits per heavy atom. The van der Waals surface area contributed by atoms with Gasteiger partial charge in [-0.2, -0.15) is 0 Å². The molecule has 1 heterocycles. The van der Waals surface area contributed by atoms with Crippen molar-refractivity contribution in [2.24, 2.45) is 5.73 Å². The van der Waals surface area contributed by atoms with Gasteiger partial charge in [0, 0.05) is 10.7 Å². The Balaban J connectivity index is 2.25. The van der Waals surface area contributed by atoms with Crippen molar-refractivity contribution in [1.29, 1.82) is 0 Å². The van der Waals surface area contributed by atoms with Gasteiger partial charge in [-0.05, 0) is 27.6 Å². The number of primary amides is 1. The third-order valence-electron chi connectivity index (χ3n) is 2.43. The van der Waals surface area contributed by atoms with Gasteiger partial charge in [0.05, 0.1) is 11.9 Å². The average Bonchev–Trinajstić information content (AvgIpc) is 2.37. The maximum Gasteiger partial charge on any atom is 0.244 e. The molecular formula is C13H12BrN3O. The Labute approximate surface area is 113 Å². The zero-order chi connectivity index (χ0) is 13.0. The van der Waals surface area contributed by atoms with E-state index < -0.39 is 11.9 Å². The van der Waals surface area contributed by atoms with E-state index >= 15 is 0 Å². The maximum atomic E-state index is 11.5. The normalized spacial score (nSPS) is 11.8. The van der Waals surface area contributed by atoms with E-state index in [4.69, 9.17) is 5.73 Å². The topological polar surface area (TPSA) is 68.0 Å². The van der Waals surface area contributed by atoms with Crippen LogP contribution in [0.15, 0.2) is 53.3 Å². The number of nitrogens with zero attached hydrogens (tertiary/aromatic N) is 1. The third-order valence-corrected chi connectivity index (χ3v) is 2.87. The number of carbonyl (C=O) groups excluding carboxylic acids is 1. The molecule has 18 heavy (non-hydrogen) atoms. The molecule has 0 unspecified atom stereocenters. The summed E-state index contributed by atoms with van der Waals surface area (Å²) in [6.45, 7) is 0. The summed E-state index contributed by atoms with van der Waals surface area (Å²) in [6.07, 6.45) is 3.32. The largest absolute Gasteiger partial charge is 0.369 e. The van der Waals surface area contributed by atoms with Gasteiger partial charge in [0.1, 0.15) is 6.04 Å². The van der Waals surface area contributed by atoms with Crippen molar-refractivity contribution in [3.63, 3.8) is 0 Å². The van der Waals surface area contributed by atoms with E-state index in [0.717, 1.165) is 15.7 Å². The first-order valence-corrected chi connectivity index (χ1v) is 6.17. The molecular weight excluding hydrogens is 294 g/mol. The molecule has 4 nitrogen and oxygen atoms in total. The number of aromatic nitrogens is 1. The zero-order valence-corrected chi connectivity index (χ0v) is 11.1. The monoisotopic (exact) mass is 305 g/mol. The number of halogens is 1. The van der Waals surface area contributed by atoms with Crippen molar-refractivity contribution in [1.82, 2.24) is 4.98 Å². The van der Waals surface area contributed by atoms with E-state index in [0.29, 0.717) is 0 Å². The van der Waals surface area contributed by atoms with Crippen LogP contribution in [0, 0.1) is 0 Å². The van der Waals surface area contributed by atoms with Gasteiger partial charge in [-0.15, -0.1) is 0 Å². The van der Waals surface area contributed by atoms with Crippen LogP contribution in [-0.2, 0) is 4.79 Å². The predicted octanol–water partition coefficient (Wildman–Crippen LogP) is 2.48. The van der Waals surface area contributed by atoms with E-state index in [-0.39, 0.29) is 0 Å². The zero-order valence-electron chi connectivity index (χ0n) is 9.51. The highest BCUT2D eigenvalue weighted by Crippen LogP contribution is 2.21. The number of benzene rings is 1. The Bertz CT molecular complexity index is 545. The van der Waals surface area contributed by atoms with Crippen molar-refractivity contribution >= 4 is 27.5 Å². The van der Waals surface area contributed by atoms with E-state index in [2.05, 4.69) is 26.2 Å². The molecule has 0 fully saturated rings. The molecule has 5 heteroatoms. The molecule has 0 spiro atoms. The standard InChI is InChI=1S/C13H12BrN3O/c14-10-6-11(8-16-7-10)17-12(13(15)18)9-4-2-1-3-5-9/h1-8,12,17H,(H2,15,18)/t12-/m1/s1. The molecule has 2 rings (SSSR count). The molecule has 1 aromatic heterocycles. The number of hydrogen-bond donors (Lipinski definition) is 2. The minimum Gasteiger partial charge on any atom is -0.369 e. The van der Waals surface area contributed by atoms with Crippen LogP contribution in [0.3, 0.4) is 0 Å². The second kappa shape index (κ2) is 5.64. The highest BCUT2D eigenvalue weighted by Gasteiger charge is 2.17. The van der Waals surface area contributed by atoms with Crippen LogP contribution < -0.4 is 11.1 Å². The molecule has 92 valence electrons. The summed E-state index contributed by atoms with van der Waals surface area (Å²) in [7, 11) is 0. The fourth-order valence-electron chi connectivity index (χ4n) is 1.62. The Morgan fingerprint density at radius 2 is 2.00 bits per heavy atom. The van der Waals surface area contributed by atoms with E-state index in [1.807, 2.05) is 36.4 Å². The summed E-state index contributed by atoms with van der Waals surface area (Å²) in [5, 5.41) is 3.07. The number of pyridine rings is 1. The van der Waals surface area contributed by atoms with E-state index in [1.165, 1.54) is 0 Å². The molecule has 0 aliphatic heterocycles. The molecule has 0 saturated heterocycles. The Kier molecular flexibility index (Phi) is 3.94. The molecule has 0 aliphatic rings. The second-order valence-electron chi connectivity index (χ2n) is 3.78. The number of amides is 1. The lowest BCUT2D eigenvalue weighted by molar-refractivity contribution is -0.118. The molecule has 0 aliphatic carbocycles. The molecule has 3 N–H and O–H groups in total. The smallest absolute Gasteiger partial charge is 0.244 e. The van der Waals surface area contributed by atoms with Crippen molar-refractivity contribution in [2.45, 2.75) is 6.04 Å². The fraction of sp³-hybridized carbons (Fsp3) is 0.0769. The fourth-order valence-corrected chi connectivity index (χ4v) is 1.99. The third kappa shape index (κ3) is 3.07. The second-order valence-corrected chi connectivity index (χ2v) is 4.70. The highest BCUT2D eigenvalue weighted by atomic mass is 79.9. The summed E-state index contributed by atoms with van der Waals surface area (Å²) in [4.78, 5) is 15.5. The first kappa shape index (κ1) is 12.6. The molecule has 1 amide bonds. The molecule has 0 bridgehead atoms. The van der Waals surface area contributed by atoms with Gasteiger partial charge in [0.2, 0.25) is 5.91 Å². The highest BCUT2D eigenvalue weighted by molar-refractivity contribution is 9.10.